The molecular formula is C6H13N5. The summed E-state index contributed by atoms with van der Waals surface area (Å²) in [5.74, 6) is 0. The largest absolute Gasteiger partial charge is 0.324 e. The fraction of sp³-hybridized carbons (Fsp3) is 1.00. The van der Waals surface area contributed by atoms with Gasteiger partial charge in [0.05, 0.1) is 0 Å². The molecule has 3 N–H and O–H groups in total. The number of rotatable bonds is 2. The third kappa shape index (κ3) is 2.38. The highest BCUT2D eigenvalue weighted by Gasteiger charge is 2.25. The number of azide groups is 1. The molecule has 1 unspecified atom stereocenters. The standard InChI is InChI=1S/C6H13N5/c7-6(5-10-11-8)2-1-3-9-4-6/h9H,1-5,7H2. The minimum Gasteiger partial charge on any atom is -0.324 e. The molecule has 1 rings (SSSR count). The van der Waals surface area contributed by atoms with Crippen molar-refractivity contribution in [2.75, 3.05) is 19.6 Å². The van der Waals surface area contributed by atoms with Crippen molar-refractivity contribution in [2.45, 2.75) is 18.4 Å². The van der Waals surface area contributed by atoms with E-state index in [2.05, 4.69) is 15.3 Å². The molecule has 1 fully saturated rings. The molecule has 0 aromatic rings. The zero-order valence-electron chi connectivity index (χ0n) is 6.45. The van der Waals surface area contributed by atoms with Crippen molar-refractivity contribution in [3.63, 3.8) is 0 Å². The second-order valence-electron chi connectivity index (χ2n) is 3.03. The number of nitrogens with zero attached hydrogens (tertiary/aromatic N) is 3. The molecule has 5 heteroatoms. The van der Waals surface area contributed by atoms with Crippen LogP contribution in [0.15, 0.2) is 5.11 Å². The van der Waals surface area contributed by atoms with Crippen molar-refractivity contribution >= 4 is 0 Å². The normalized spacial score (nSPS) is 31.0. The van der Waals surface area contributed by atoms with Crippen molar-refractivity contribution in [1.29, 1.82) is 0 Å². The van der Waals surface area contributed by atoms with Crippen LogP contribution in [0.1, 0.15) is 12.8 Å². The Morgan fingerprint density at radius 1 is 1.73 bits per heavy atom. The number of piperidine rings is 1. The van der Waals surface area contributed by atoms with Crippen LogP contribution in [0.3, 0.4) is 0 Å². The molecule has 1 atom stereocenters. The van der Waals surface area contributed by atoms with E-state index in [0.717, 1.165) is 25.9 Å². The summed E-state index contributed by atoms with van der Waals surface area (Å²) in [5.41, 5.74) is 13.7. The van der Waals surface area contributed by atoms with Gasteiger partial charge in [0.1, 0.15) is 0 Å². The third-order valence-electron chi connectivity index (χ3n) is 1.95. The van der Waals surface area contributed by atoms with Crippen molar-refractivity contribution in [2.24, 2.45) is 10.8 Å². The van der Waals surface area contributed by atoms with Gasteiger partial charge in [-0.1, -0.05) is 5.11 Å². The molecule has 0 radical (unpaired) electrons. The Bertz CT molecular complexity index is 166. The number of hydrogen-bond donors (Lipinski definition) is 2. The van der Waals surface area contributed by atoms with Crippen LogP contribution in [0.5, 0.6) is 0 Å². The zero-order chi connectivity index (χ0) is 8.16. The van der Waals surface area contributed by atoms with E-state index in [9.17, 15) is 0 Å². The molecule has 0 saturated carbocycles. The molecule has 0 spiro atoms. The lowest BCUT2D eigenvalue weighted by Gasteiger charge is -2.32. The molecule has 0 aliphatic carbocycles. The molecule has 1 saturated heterocycles. The number of hydrogen-bond acceptors (Lipinski definition) is 3. The highest BCUT2D eigenvalue weighted by atomic mass is 15.1. The maximum atomic E-state index is 8.09. The summed E-state index contributed by atoms with van der Waals surface area (Å²) in [7, 11) is 0. The maximum Gasteiger partial charge on any atom is 0.0451 e. The first-order valence-corrected chi connectivity index (χ1v) is 3.77. The fourth-order valence-corrected chi connectivity index (χ4v) is 1.30. The predicted octanol–water partition coefficient (Wildman–Crippen LogP) is 0.378. The summed E-state index contributed by atoms with van der Waals surface area (Å²) in [6.45, 7) is 2.18. The molecule has 1 aliphatic heterocycles. The van der Waals surface area contributed by atoms with Crippen LogP contribution in [-0.2, 0) is 0 Å². The molecule has 62 valence electrons. The average molecular weight is 155 g/mol. The third-order valence-corrected chi connectivity index (χ3v) is 1.95. The molecule has 1 aliphatic rings. The van der Waals surface area contributed by atoms with Crippen LogP contribution in [-0.4, -0.2) is 25.2 Å². The van der Waals surface area contributed by atoms with Crippen LogP contribution in [0, 0.1) is 0 Å². The minimum atomic E-state index is -0.301. The highest BCUT2D eigenvalue weighted by Crippen LogP contribution is 2.12. The Kier molecular flexibility index (Phi) is 2.70. The van der Waals surface area contributed by atoms with Gasteiger partial charge in [-0.3, -0.25) is 0 Å². The molecule has 5 nitrogen and oxygen atoms in total. The van der Waals surface area contributed by atoms with Crippen molar-refractivity contribution in [1.82, 2.24) is 5.32 Å². The average Bonchev–Trinajstić information content (AvgIpc) is 2.03. The Morgan fingerprint density at radius 3 is 3.09 bits per heavy atom. The van der Waals surface area contributed by atoms with E-state index in [0.29, 0.717) is 6.54 Å². The summed E-state index contributed by atoms with van der Waals surface area (Å²) < 4.78 is 0. The van der Waals surface area contributed by atoms with Gasteiger partial charge in [-0.2, -0.15) is 0 Å². The number of nitrogens with one attached hydrogen (secondary N) is 1. The van der Waals surface area contributed by atoms with Crippen LogP contribution < -0.4 is 11.1 Å². The van der Waals surface area contributed by atoms with Crippen molar-refractivity contribution in [3.8, 4) is 0 Å². The molecular weight excluding hydrogens is 142 g/mol. The van der Waals surface area contributed by atoms with E-state index in [4.69, 9.17) is 11.3 Å². The van der Waals surface area contributed by atoms with Crippen molar-refractivity contribution in [3.05, 3.63) is 10.4 Å². The van der Waals surface area contributed by atoms with E-state index < -0.39 is 0 Å². The Hall–Kier alpha value is -0.770. The summed E-state index contributed by atoms with van der Waals surface area (Å²) in [6.07, 6.45) is 2.01. The van der Waals surface area contributed by atoms with Crippen molar-refractivity contribution < 1.29 is 0 Å². The van der Waals surface area contributed by atoms with Gasteiger partial charge in [-0.05, 0) is 24.9 Å². The van der Waals surface area contributed by atoms with E-state index >= 15 is 0 Å². The lowest BCUT2D eigenvalue weighted by molar-refractivity contribution is 0.323. The fourth-order valence-electron chi connectivity index (χ4n) is 1.30. The second-order valence-corrected chi connectivity index (χ2v) is 3.03. The molecule has 0 aromatic heterocycles. The summed E-state index contributed by atoms with van der Waals surface area (Å²) >= 11 is 0. The zero-order valence-corrected chi connectivity index (χ0v) is 6.45. The summed E-state index contributed by atoms with van der Waals surface area (Å²) in [6, 6.07) is 0. The molecule has 0 amide bonds. The van der Waals surface area contributed by atoms with E-state index in [1.54, 1.807) is 0 Å². The van der Waals surface area contributed by atoms with Gasteiger partial charge in [-0.25, -0.2) is 0 Å². The summed E-state index contributed by atoms with van der Waals surface area (Å²) in [5, 5.41) is 6.66. The highest BCUT2D eigenvalue weighted by molar-refractivity contribution is 4.91. The SMILES string of the molecule is [N-]=[N+]=NCC1(N)CCCNC1. The molecule has 0 bridgehead atoms. The van der Waals surface area contributed by atoms with Gasteiger partial charge in [0, 0.05) is 23.5 Å². The van der Waals surface area contributed by atoms with E-state index in [-0.39, 0.29) is 5.54 Å². The lowest BCUT2D eigenvalue weighted by atomic mass is 9.92. The second kappa shape index (κ2) is 3.57. The van der Waals surface area contributed by atoms with Crippen LogP contribution in [0.2, 0.25) is 0 Å². The van der Waals surface area contributed by atoms with Gasteiger partial charge < -0.3 is 11.1 Å². The predicted molar refractivity (Wildman–Crippen MR) is 43.0 cm³/mol. The monoisotopic (exact) mass is 155 g/mol. The van der Waals surface area contributed by atoms with Crippen LogP contribution in [0.25, 0.3) is 10.4 Å². The Balaban J connectivity index is 2.42. The molecule has 11 heavy (non-hydrogen) atoms. The summed E-state index contributed by atoms with van der Waals surface area (Å²) in [4.78, 5) is 2.69. The van der Waals surface area contributed by atoms with Gasteiger partial charge in [0.25, 0.3) is 0 Å². The quantitative estimate of drug-likeness (QED) is 0.343. The lowest BCUT2D eigenvalue weighted by Crippen LogP contribution is -2.54. The molecule has 0 aromatic carbocycles. The minimum absolute atomic E-state index is 0.301. The van der Waals surface area contributed by atoms with Gasteiger partial charge in [-0.15, -0.1) is 0 Å². The topological polar surface area (TPSA) is 86.8 Å². The smallest absolute Gasteiger partial charge is 0.0451 e. The first-order valence-electron chi connectivity index (χ1n) is 3.77. The first kappa shape index (κ1) is 8.33. The van der Waals surface area contributed by atoms with E-state index in [1.165, 1.54) is 0 Å². The van der Waals surface area contributed by atoms with Gasteiger partial charge in [0.2, 0.25) is 0 Å². The maximum absolute atomic E-state index is 8.09. The number of nitrogens with two attached hydrogens (primary N) is 1. The first-order chi connectivity index (χ1) is 5.27. The van der Waals surface area contributed by atoms with Gasteiger partial charge >= 0.3 is 0 Å². The van der Waals surface area contributed by atoms with Crippen LogP contribution >= 0.6 is 0 Å². The van der Waals surface area contributed by atoms with E-state index in [1.807, 2.05) is 0 Å². The Morgan fingerprint density at radius 2 is 2.55 bits per heavy atom. The van der Waals surface area contributed by atoms with Crippen LogP contribution in [0.4, 0.5) is 0 Å². The van der Waals surface area contributed by atoms with Gasteiger partial charge in [0.15, 0.2) is 0 Å². The Labute approximate surface area is 65.6 Å². The molecule has 1 heterocycles.